The van der Waals surface area contributed by atoms with Crippen LogP contribution in [0.3, 0.4) is 0 Å². The molecule has 3 N–H and O–H groups in total. The van der Waals surface area contributed by atoms with E-state index in [-0.39, 0.29) is 5.91 Å². The summed E-state index contributed by atoms with van der Waals surface area (Å²) in [6, 6.07) is 0.293. The van der Waals surface area contributed by atoms with Crippen molar-refractivity contribution in [1.82, 2.24) is 5.32 Å². The average molecular weight is 242 g/mol. The van der Waals surface area contributed by atoms with E-state index in [9.17, 15) is 4.79 Å². The Bertz CT molecular complexity index is 171. The molecule has 102 valence electrons. The molecule has 0 saturated heterocycles. The average Bonchev–Trinajstić information content (AvgIpc) is 2.29. The smallest absolute Gasteiger partial charge is 0.218 e. The van der Waals surface area contributed by atoms with Gasteiger partial charge in [0.15, 0.2) is 0 Å². The third-order valence-corrected chi connectivity index (χ3v) is 3.07. The summed E-state index contributed by atoms with van der Waals surface area (Å²) in [6.45, 7) is 5.43. The molecule has 0 aliphatic heterocycles. The highest BCUT2D eigenvalue weighted by molar-refractivity contribution is 5.74. The van der Waals surface area contributed by atoms with Gasteiger partial charge in [0, 0.05) is 12.5 Å². The number of amides is 1. The van der Waals surface area contributed by atoms with Crippen LogP contribution in [0.15, 0.2) is 0 Å². The van der Waals surface area contributed by atoms with Gasteiger partial charge in [0.25, 0.3) is 0 Å². The molecule has 3 nitrogen and oxygen atoms in total. The van der Waals surface area contributed by atoms with Crippen molar-refractivity contribution < 1.29 is 4.79 Å². The Morgan fingerprint density at radius 3 is 2.29 bits per heavy atom. The van der Waals surface area contributed by atoms with Crippen LogP contribution in [-0.2, 0) is 4.79 Å². The van der Waals surface area contributed by atoms with Crippen molar-refractivity contribution in [3.63, 3.8) is 0 Å². The molecule has 0 aromatic heterocycles. The molecule has 3 heteroatoms. The third kappa shape index (κ3) is 11.7. The Hall–Kier alpha value is -0.570. The van der Waals surface area contributed by atoms with Crippen molar-refractivity contribution >= 4 is 5.91 Å². The van der Waals surface area contributed by atoms with Crippen LogP contribution in [-0.4, -0.2) is 18.5 Å². The molecule has 1 amide bonds. The molecule has 17 heavy (non-hydrogen) atoms. The lowest BCUT2D eigenvalue weighted by Crippen LogP contribution is -2.34. The minimum absolute atomic E-state index is 0.187. The van der Waals surface area contributed by atoms with E-state index in [4.69, 9.17) is 5.73 Å². The predicted octanol–water partition coefficient (Wildman–Crippen LogP) is 2.98. The first-order chi connectivity index (χ1) is 8.20. The largest absolute Gasteiger partial charge is 0.370 e. The highest BCUT2D eigenvalue weighted by atomic mass is 16.1. The van der Waals surface area contributed by atoms with Crippen molar-refractivity contribution in [3.8, 4) is 0 Å². The molecule has 0 bridgehead atoms. The molecule has 0 aromatic carbocycles. The number of carbonyl (C=O) groups is 1. The maximum atomic E-state index is 11.0. The van der Waals surface area contributed by atoms with Gasteiger partial charge in [0.1, 0.15) is 0 Å². The zero-order chi connectivity index (χ0) is 12.9. The fourth-order valence-corrected chi connectivity index (χ4v) is 2.02. The summed E-state index contributed by atoms with van der Waals surface area (Å²) >= 11 is 0. The van der Waals surface area contributed by atoms with Gasteiger partial charge in [-0.3, -0.25) is 4.79 Å². The van der Waals surface area contributed by atoms with Crippen LogP contribution >= 0.6 is 0 Å². The fraction of sp³-hybridized carbons (Fsp3) is 0.929. The Morgan fingerprint density at radius 1 is 1.06 bits per heavy atom. The first-order valence-corrected chi connectivity index (χ1v) is 7.22. The van der Waals surface area contributed by atoms with Gasteiger partial charge in [-0.1, -0.05) is 52.4 Å². The Morgan fingerprint density at radius 2 is 1.71 bits per heavy atom. The predicted molar refractivity (Wildman–Crippen MR) is 73.9 cm³/mol. The molecular formula is C14H30N2O. The molecule has 0 aliphatic carbocycles. The van der Waals surface area contributed by atoms with Gasteiger partial charge in [-0.2, -0.15) is 0 Å². The second kappa shape index (κ2) is 11.9. The first-order valence-electron chi connectivity index (χ1n) is 7.22. The summed E-state index contributed by atoms with van der Waals surface area (Å²) in [5, 5.41) is 3.46. The maximum absolute atomic E-state index is 11.0. The number of nitrogens with two attached hydrogens (primary N) is 1. The van der Waals surface area contributed by atoms with Crippen molar-refractivity contribution in [2.75, 3.05) is 6.54 Å². The summed E-state index contributed by atoms with van der Waals surface area (Å²) < 4.78 is 0. The van der Waals surface area contributed by atoms with E-state index in [1.807, 2.05) is 0 Å². The van der Waals surface area contributed by atoms with E-state index in [1.165, 1.54) is 44.9 Å². The minimum atomic E-state index is -0.187. The van der Waals surface area contributed by atoms with Crippen LogP contribution in [0, 0.1) is 0 Å². The lowest BCUT2D eigenvalue weighted by atomic mass is 10.0. The Labute approximate surface area is 107 Å². The van der Waals surface area contributed by atoms with Crippen LogP contribution in [0.25, 0.3) is 0 Å². The summed E-state index contributed by atoms with van der Waals surface area (Å²) in [7, 11) is 0. The second-order valence-corrected chi connectivity index (χ2v) is 4.88. The molecule has 1 atom stereocenters. The highest BCUT2D eigenvalue weighted by Gasteiger charge is 2.10. The highest BCUT2D eigenvalue weighted by Crippen LogP contribution is 2.08. The number of carbonyl (C=O) groups excluding carboxylic acids is 1. The first kappa shape index (κ1) is 16.4. The van der Waals surface area contributed by atoms with E-state index in [1.54, 1.807) is 0 Å². The normalized spacial score (nSPS) is 12.6. The summed E-state index contributed by atoms with van der Waals surface area (Å²) in [4.78, 5) is 11.0. The SMILES string of the molecule is CCCCCC[C@@H](CC(N)=O)NCCCCC. The molecule has 0 fully saturated rings. The minimum Gasteiger partial charge on any atom is -0.370 e. The number of nitrogens with one attached hydrogen (secondary N) is 1. The van der Waals surface area contributed by atoms with Crippen molar-refractivity contribution in [3.05, 3.63) is 0 Å². The number of hydrogen-bond donors (Lipinski definition) is 2. The lowest BCUT2D eigenvalue weighted by molar-refractivity contribution is -0.118. The molecular weight excluding hydrogens is 212 g/mol. The van der Waals surface area contributed by atoms with E-state index in [2.05, 4.69) is 19.2 Å². The zero-order valence-electron chi connectivity index (χ0n) is 11.6. The standard InChI is InChI=1S/C14H30N2O/c1-3-5-7-8-10-13(12-14(15)17)16-11-9-6-4-2/h13,16H,3-12H2,1-2H3,(H2,15,17)/t13-/m0/s1. The molecule has 0 radical (unpaired) electrons. The van der Waals surface area contributed by atoms with Gasteiger partial charge in [-0.15, -0.1) is 0 Å². The topological polar surface area (TPSA) is 55.1 Å². The maximum Gasteiger partial charge on any atom is 0.218 e. The number of unbranched alkanes of at least 4 members (excludes halogenated alkanes) is 5. The molecule has 0 aliphatic rings. The van der Waals surface area contributed by atoms with Crippen LogP contribution in [0.2, 0.25) is 0 Å². The van der Waals surface area contributed by atoms with Gasteiger partial charge in [-0.25, -0.2) is 0 Å². The second-order valence-electron chi connectivity index (χ2n) is 4.88. The number of hydrogen-bond acceptors (Lipinski definition) is 2. The van der Waals surface area contributed by atoms with Gasteiger partial charge in [0.2, 0.25) is 5.91 Å². The summed E-state index contributed by atoms with van der Waals surface area (Å²) in [5.74, 6) is -0.187. The summed E-state index contributed by atoms with van der Waals surface area (Å²) in [6.07, 6.45) is 10.3. The Balaban J connectivity index is 3.68. The van der Waals surface area contributed by atoms with Crippen molar-refractivity contribution in [2.24, 2.45) is 5.73 Å². The van der Waals surface area contributed by atoms with Gasteiger partial charge < -0.3 is 11.1 Å². The van der Waals surface area contributed by atoms with Crippen LogP contribution in [0.4, 0.5) is 0 Å². The van der Waals surface area contributed by atoms with Crippen LogP contribution in [0.5, 0.6) is 0 Å². The van der Waals surface area contributed by atoms with Crippen molar-refractivity contribution in [2.45, 2.75) is 77.7 Å². The van der Waals surface area contributed by atoms with E-state index < -0.39 is 0 Å². The molecule has 0 saturated carbocycles. The van der Waals surface area contributed by atoms with E-state index in [0.29, 0.717) is 12.5 Å². The third-order valence-electron chi connectivity index (χ3n) is 3.07. The molecule has 0 heterocycles. The lowest BCUT2D eigenvalue weighted by Gasteiger charge is -2.17. The van der Waals surface area contributed by atoms with E-state index >= 15 is 0 Å². The van der Waals surface area contributed by atoms with Gasteiger partial charge in [-0.05, 0) is 19.4 Å². The molecule has 0 rings (SSSR count). The van der Waals surface area contributed by atoms with Gasteiger partial charge >= 0.3 is 0 Å². The zero-order valence-corrected chi connectivity index (χ0v) is 11.6. The summed E-state index contributed by atoms with van der Waals surface area (Å²) in [5.41, 5.74) is 5.28. The number of rotatable bonds is 12. The monoisotopic (exact) mass is 242 g/mol. The Kier molecular flexibility index (Phi) is 11.5. The fourth-order valence-electron chi connectivity index (χ4n) is 2.02. The van der Waals surface area contributed by atoms with Gasteiger partial charge in [0.05, 0.1) is 0 Å². The van der Waals surface area contributed by atoms with Crippen molar-refractivity contribution in [1.29, 1.82) is 0 Å². The number of primary amides is 1. The molecule has 0 aromatic rings. The van der Waals surface area contributed by atoms with Crippen LogP contribution < -0.4 is 11.1 Å². The molecule has 0 spiro atoms. The molecule has 0 unspecified atom stereocenters. The quantitative estimate of drug-likeness (QED) is 0.517. The van der Waals surface area contributed by atoms with E-state index in [0.717, 1.165) is 13.0 Å². The van der Waals surface area contributed by atoms with Crippen LogP contribution in [0.1, 0.15) is 71.6 Å².